The van der Waals surface area contributed by atoms with Crippen molar-refractivity contribution in [1.29, 1.82) is 0 Å². The third-order valence-corrected chi connectivity index (χ3v) is 4.23. The Balaban J connectivity index is 5.05. The largest absolute Gasteiger partial charge is 0.481 e. The van der Waals surface area contributed by atoms with Gasteiger partial charge in [0.25, 0.3) is 0 Å². The fourth-order valence-electron chi connectivity index (χ4n) is 2.11. The van der Waals surface area contributed by atoms with E-state index in [4.69, 9.17) is 21.7 Å². The molecule has 4 unspecified atom stereocenters. The van der Waals surface area contributed by atoms with Crippen molar-refractivity contribution >= 4 is 48.2 Å². The van der Waals surface area contributed by atoms with Crippen LogP contribution >= 0.6 is 12.6 Å². The lowest BCUT2D eigenvalue weighted by molar-refractivity contribution is -0.141. The van der Waals surface area contributed by atoms with Crippen LogP contribution in [-0.4, -0.2) is 75.7 Å². The van der Waals surface area contributed by atoms with E-state index in [1.807, 2.05) is 0 Å². The summed E-state index contributed by atoms with van der Waals surface area (Å²) in [5, 5.41) is 24.3. The number of rotatable bonds is 14. The molecule has 0 fully saturated rings. The summed E-state index contributed by atoms with van der Waals surface area (Å²) < 4.78 is 0. The monoisotopic (exact) mass is 449 g/mol. The van der Waals surface area contributed by atoms with Gasteiger partial charge in [-0.3, -0.25) is 24.0 Å². The van der Waals surface area contributed by atoms with Gasteiger partial charge in [-0.15, -0.1) is 0 Å². The second kappa shape index (κ2) is 13.4. The van der Waals surface area contributed by atoms with Crippen molar-refractivity contribution in [3.63, 3.8) is 0 Å². The van der Waals surface area contributed by atoms with Gasteiger partial charge in [-0.2, -0.15) is 12.6 Å². The lowest BCUT2D eigenvalue weighted by Gasteiger charge is -2.23. The maximum Gasteiger partial charge on any atom is 0.327 e. The summed E-state index contributed by atoms with van der Waals surface area (Å²) in [7, 11) is 0. The van der Waals surface area contributed by atoms with Crippen molar-refractivity contribution in [3.05, 3.63) is 0 Å². The van der Waals surface area contributed by atoms with Crippen LogP contribution in [0.2, 0.25) is 0 Å². The maximum atomic E-state index is 12.5. The van der Waals surface area contributed by atoms with Gasteiger partial charge in [0.1, 0.15) is 18.1 Å². The normalized spacial score (nSPS) is 14.5. The molecule has 4 amide bonds. The average molecular weight is 449 g/mol. The Morgan fingerprint density at radius 3 is 1.90 bits per heavy atom. The van der Waals surface area contributed by atoms with Crippen molar-refractivity contribution in [1.82, 2.24) is 16.0 Å². The molecule has 0 aliphatic rings. The van der Waals surface area contributed by atoms with Crippen LogP contribution in [0.25, 0.3) is 0 Å². The number of hydrogen-bond acceptors (Lipinski definition) is 8. The minimum absolute atomic E-state index is 0.173. The molecular weight excluding hydrogens is 422 g/mol. The Kier molecular flexibility index (Phi) is 12.1. The van der Waals surface area contributed by atoms with Crippen LogP contribution in [0.4, 0.5) is 0 Å². The molecule has 0 aliphatic carbocycles. The third-order valence-electron chi connectivity index (χ3n) is 3.87. The number of aliphatic carboxylic acids is 2. The summed E-state index contributed by atoms with van der Waals surface area (Å²) in [5.41, 5.74) is 10.7. The SMILES string of the molecule is CC(NC(=O)C(CCC(N)=O)NC(=O)C(N)CCC(=O)O)C(=O)NC(CS)C(=O)O. The molecule has 30 heavy (non-hydrogen) atoms. The topological polar surface area (TPSA) is 231 Å². The highest BCUT2D eigenvalue weighted by molar-refractivity contribution is 7.80. The Morgan fingerprint density at radius 1 is 0.867 bits per heavy atom. The summed E-state index contributed by atoms with van der Waals surface area (Å²) in [5.74, 6) is -5.83. The molecule has 0 bridgehead atoms. The van der Waals surface area contributed by atoms with E-state index in [0.29, 0.717) is 0 Å². The molecule has 0 aromatic carbocycles. The molecule has 9 N–H and O–H groups in total. The highest BCUT2D eigenvalue weighted by Crippen LogP contribution is 2.02. The predicted octanol–water partition coefficient (Wildman–Crippen LogP) is -3.07. The number of amides is 4. The van der Waals surface area contributed by atoms with Gasteiger partial charge in [0, 0.05) is 18.6 Å². The Hall–Kier alpha value is -2.87. The zero-order valence-electron chi connectivity index (χ0n) is 16.3. The second-order valence-corrected chi connectivity index (χ2v) is 6.78. The van der Waals surface area contributed by atoms with Gasteiger partial charge in [-0.05, 0) is 19.8 Å². The number of carbonyl (C=O) groups is 6. The van der Waals surface area contributed by atoms with Crippen LogP contribution in [0.1, 0.15) is 32.6 Å². The molecule has 0 saturated carbocycles. The maximum absolute atomic E-state index is 12.5. The number of nitrogens with two attached hydrogens (primary N) is 2. The smallest absolute Gasteiger partial charge is 0.327 e. The van der Waals surface area contributed by atoms with Crippen molar-refractivity contribution < 1.29 is 39.0 Å². The summed E-state index contributed by atoms with van der Waals surface area (Å²) in [4.78, 5) is 69.2. The van der Waals surface area contributed by atoms with Gasteiger partial charge in [-0.1, -0.05) is 0 Å². The lowest BCUT2D eigenvalue weighted by atomic mass is 10.1. The van der Waals surface area contributed by atoms with Crippen molar-refractivity contribution in [3.8, 4) is 0 Å². The molecule has 0 radical (unpaired) electrons. The first-order valence-corrected chi connectivity index (χ1v) is 9.52. The molecule has 0 heterocycles. The third kappa shape index (κ3) is 10.6. The Labute approximate surface area is 177 Å². The molecule has 0 aliphatic heterocycles. The van der Waals surface area contributed by atoms with Gasteiger partial charge >= 0.3 is 11.9 Å². The van der Waals surface area contributed by atoms with Crippen LogP contribution in [0.5, 0.6) is 0 Å². The fourth-order valence-corrected chi connectivity index (χ4v) is 2.35. The highest BCUT2D eigenvalue weighted by atomic mass is 32.1. The molecule has 0 saturated heterocycles. The second-order valence-electron chi connectivity index (χ2n) is 6.42. The number of hydrogen-bond donors (Lipinski definition) is 8. The van der Waals surface area contributed by atoms with E-state index in [1.165, 1.54) is 6.92 Å². The standard InChI is InChI=1S/C16H27N5O8S/c1-7(13(25)21-10(6-30)16(28)29)19-15(27)9(3-4-11(18)22)20-14(26)8(17)2-5-12(23)24/h7-10,30H,2-6,17H2,1H3,(H2,18,22)(H,19,27)(H,20,26)(H,21,25)(H,23,24)(H,28,29). The number of carboxylic acid groups (broad SMARTS) is 2. The first kappa shape index (κ1) is 27.1. The van der Waals surface area contributed by atoms with E-state index >= 15 is 0 Å². The van der Waals surface area contributed by atoms with E-state index in [-0.39, 0.29) is 31.4 Å². The molecule has 0 spiro atoms. The van der Waals surface area contributed by atoms with E-state index in [1.54, 1.807) is 0 Å². The van der Waals surface area contributed by atoms with Crippen LogP contribution in [0, 0.1) is 0 Å². The van der Waals surface area contributed by atoms with E-state index in [9.17, 15) is 28.8 Å². The first-order chi connectivity index (χ1) is 13.9. The predicted molar refractivity (Wildman–Crippen MR) is 106 cm³/mol. The molecular formula is C16H27N5O8S. The molecule has 0 aromatic heterocycles. The zero-order chi connectivity index (χ0) is 23.4. The number of thiol groups is 1. The minimum atomic E-state index is -1.31. The van der Waals surface area contributed by atoms with Crippen molar-refractivity contribution in [2.24, 2.45) is 11.5 Å². The number of carbonyl (C=O) groups excluding carboxylic acids is 4. The quantitative estimate of drug-likeness (QED) is 0.126. The molecule has 14 heteroatoms. The van der Waals surface area contributed by atoms with E-state index < -0.39 is 59.7 Å². The molecule has 13 nitrogen and oxygen atoms in total. The first-order valence-electron chi connectivity index (χ1n) is 8.89. The van der Waals surface area contributed by atoms with Crippen molar-refractivity contribution in [2.75, 3.05) is 5.75 Å². The van der Waals surface area contributed by atoms with E-state index in [2.05, 4.69) is 28.6 Å². The molecule has 0 rings (SSSR count). The molecule has 170 valence electrons. The fraction of sp³-hybridized carbons (Fsp3) is 0.625. The summed E-state index contributed by atoms with van der Waals surface area (Å²) >= 11 is 3.81. The van der Waals surface area contributed by atoms with E-state index in [0.717, 1.165) is 0 Å². The lowest BCUT2D eigenvalue weighted by Crippen LogP contribution is -2.56. The van der Waals surface area contributed by atoms with Gasteiger partial charge < -0.3 is 37.6 Å². The van der Waals surface area contributed by atoms with Crippen molar-refractivity contribution in [2.45, 2.75) is 56.8 Å². The van der Waals surface area contributed by atoms with Crippen LogP contribution in [-0.2, 0) is 28.8 Å². The Bertz CT molecular complexity index is 674. The average Bonchev–Trinajstić information content (AvgIpc) is 2.65. The van der Waals surface area contributed by atoms with Crippen LogP contribution in [0.15, 0.2) is 0 Å². The summed E-state index contributed by atoms with van der Waals surface area (Å²) in [6.45, 7) is 1.29. The van der Waals surface area contributed by atoms with Gasteiger partial charge in [-0.25, -0.2) is 4.79 Å². The number of primary amides is 1. The summed E-state index contributed by atoms with van der Waals surface area (Å²) in [6, 6.07) is -4.93. The van der Waals surface area contributed by atoms with Gasteiger partial charge in [0.05, 0.1) is 6.04 Å². The van der Waals surface area contributed by atoms with Crippen LogP contribution in [0.3, 0.4) is 0 Å². The minimum Gasteiger partial charge on any atom is -0.481 e. The Morgan fingerprint density at radius 2 is 1.43 bits per heavy atom. The molecule has 4 atom stereocenters. The zero-order valence-corrected chi connectivity index (χ0v) is 17.2. The molecule has 0 aromatic rings. The number of carboxylic acids is 2. The van der Waals surface area contributed by atoms with Gasteiger partial charge in [0.15, 0.2) is 0 Å². The summed E-state index contributed by atoms with van der Waals surface area (Å²) in [6.07, 6.45) is -0.990. The highest BCUT2D eigenvalue weighted by Gasteiger charge is 2.28. The van der Waals surface area contributed by atoms with Crippen LogP contribution < -0.4 is 27.4 Å². The van der Waals surface area contributed by atoms with Gasteiger partial charge in [0.2, 0.25) is 23.6 Å². The number of nitrogens with one attached hydrogen (secondary N) is 3.